The number of halogens is 2. The highest BCUT2D eigenvalue weighted by Gasteiger charge is 2.20. The van der Waals surface area contributed by atoms with Crippen LogP contribution in [0.25, 0.3) is 0 Å². The number of hydrogen-bond acceptors (Lipinski definition) is 3. The molecule has 0 radical (unpaired) electrons. The van der Waals surface area contributed by atoms with Crippen molar-refractivity contribution in [3.8, 4) is 0 Å². The maximum Gasteiger partial charge on any atom is 0.339 e. The number of esters is 1. The molecule has 120 valence electrons. The van der Waals surface area contributed by atoms with Gasteiger partial charge in [-0.3, -0.25) is 0 Å². The second-order valence-electron chi connectivity index (χ2n) is 5.11. The van der Waals surface area contributed by atoms with Gasteiger partial charge in [-0.2, -0.15) is 0 Å². The fourth-order valence-electron chi connectivity index (χ4n) is 2.34. The van der Waals surface area contributed by atoms with Crippen LogP contribution in [0.5, 0.6) is 0 Å². The molecule has 3 rings (SSSR count). The summed E-state index contributed by atoms with van der Waals surface area (Å²) >= 11 is 11.7. The molecule has 0 unspecified atom stereocenters. The molecule has 0 aliphatic heterocycles. The number of ether oxygens (including phenoxy) is 1. The van der Waals surface area contributed by atoms with Crippen LogP contribution < -0.4 is 0 Å². The molecule has 3 aromatic rings. The molecular formula is C19H13Cl2NO2. The first-order valence-corrected chi connectivity index (χ1v) is 8.03. The Balaban J connectivity index is 1.93. The summed E-state index contributed by atoms with van der Waals surface area (Å²) in [5.74, 6) is -0.515. The largest absolute Gasteiger partial charge is 0.449 e. The first-order chi connectivity index (χ1) is 11.6. The predicted octanol–water partition coefficient (Wildman–Crippen LogP) is 5.33. The lowest BCUT2D eigenvalue weighted by atomic mass is 10.0. The maximum atomic E-state index is 12.5. The van der Waals surface area contributed by atoms with Crippen LogP contribution in [-0.4, -0.2) is 11.0 Å². The van der Waals surface area contributed by atoms with Crippen LogP contribution in [0.3, 0.4) is 0 Å². The zero-order chi connectivity index (χ0) is 16.9. The van der Waals surface area contributed by atoms with Gasteiger partial charge < -0.3 is 4.74 Å². The predicted molar refractivity (Wildman–Crippen MR) is 94.4 cm³/mol. The molecule has 0 fully saturated rings. The molecule has 0 spiro atoms. The topological polar surface area (TPSA) is 39.2 Å². The van der Waals surface area contributed by atoms with Crippen LogP contribution in [-0.2, 0) is 4.74 Å². The molecule has 0 N–H and O–H groups in total. The molecule has 2 aromatic carbocycles. The number of rotatable bonds is 4. The van der Waals surface area contributed by atoms with Gasteiger partial charge in [0.2, 0.25) is 0 Å². The van der Waals surface area contributed by atoms with Gasteiger partial charge in [0.05, 0.1) is 5.56 Å². The number of pyridine rings is 1. The van der Waals surface area contributed by atoms with Crippen LogP contribution in [0.1, 0.15) is 27.6 Å². The van der Waals surface area contributed by atoms with Crippen molar-refractivity contribution in [2.45, 2.75) is 6.10 Å². The second kappa shape index (κ2) is 7.47. The molecule has 1 aromatic heterocycles. The smallest absolute Gasteiger partial charge is 0.339 e. The van der Waals surface area contributed by atoms with Gasteiger partial charge in [0.1, 0.15) is 10.3 Å². The summed E-state index contributed by atoms with van der Waals surface area (Å²) in [4.78, 5) is 16.4. The number of aromatic nitrogens is 1. The van der Waals surface area contributed by atoms with Crippen molar-refractivity contribution in [3.05, 3.63) is 99.8 Å². The number of hydrogen-bond donors (Lipinski definition) is 0. The van der Waals surface area contributed by atoms with Crippen LogP contribution in [0.4, 0.5) is 0 Å². The summed E-state index contributed by atoms with van der Waals surface area (Å²) in [7, 11) is 0. The van der Waals surface area contributed by atoms with E-state index in [0.29, 0.717) is 0 Å². The Morgan fingerprint density at radius 2 is 1.29 bits per heavy atom. The Kier molecular flexibility index (Phi) is 5.14. The molecule has 0 bridgehead atoms. The summed E-state index contributed by atoms with van der Waals surface area (Å²) in [6, 6.07) is 22.0. The van der Waals surface area contributed by atoms with Gasteiger partial charge >= 0.3 is 5.97 Å². The normalized spacial score (nSPS) is 10.6. The second-order valence-corrected chi connectivity index (χ2v) is 5.88. The van der Waals surface area contributed by atoms with Crippen LogP contribution in [0.15, 0.2) is 72.8 Å². The van der Waals surface area contributed by atoms with E-state index < -0.39 is 12.1 Å². The van der Waals surface area contributed by atoms with E-state index in [1.807, 2.05) is 60.7 Å². The van der Waals surface area contributed by atoms with E-state index in [1.54, 1.807) is 0 Å². The fourth-order valence-corrected chi connectivity index (χ4v) is 2.80. The van der Waals surface area contributed by atoms with Crippen molar-refractivity contribution in [3.63, 3.8) is 0 Å². The average Bonchev–Trinajstić information content (AvgIpc) is 2.60. The molecule has 0 saturated carbocycles. The van der Waals surface area contributed by atoms with Crippen LogP contribution in [0.2, 0.25) is 10.3 Å². The lowest BCUT2D eigenvalue weighted by Gasteiger charge is -2.19. The van der Waals surface area contributed by atoms with Gasteiger partial charge in [-0.05, 0) is 23.3 Å². The van der Waals surface area contributed by atoms with E-state index in [4.69, 9.17) is 27.9 Å². The van der Waals surface area contributed by atoms with Crippen molar-refractivity contribution in [1.29, 1.82) is 0 Å². The third-order valence-corrected chi connectivity index (χ3v) is 3.82. The molecule has 1 heterocycles. The van der Waals surface area contributed by atoms with E-state index in [2.05, 4.69) is 4.98 Å². The van der Waals surface area contributed by atoms with Crippen molar-refractivity contribution in [1.82, 2.24) is 4.98 Å². The van der Waals surface area contributed by atoms with E-state index >= 15 is 0 Å². The Morgan fingerprint density at radius 3 is 1.75 bits per heavy atom. The third-order valence-electron chi connectivity index (χ3n) is 3.43. The van der Waals surface area contributed by atoms with Gasteiger partial charge in [0.15, 0.2) is 6.10 Å². The highest BCUT2D eigenvalue weighted by atomic mass is 35.5. The highest BCUT2D eigenvalue weighted by molar-refractivity contribution is 6.32. The SMILES string of the molecule is O=C(OC(c1ccccc1)c1ccccc1)c1cc(Cl)nc(Cl)c1. The molecule has 3 nitrogen and oxygen atoms in total. The standard InChI is InChI=1S/C19H13Cl2NO2/c20-16-11-15(12-17(21)22-16)19(23)24-18(13-7-3-1-4-8-13)14-9-5-2-6-10-14/h1-12,18H. The molecule has 24 heavy (non-hydrogen) atoms. The summed E-state index contributed by atoms with van der Waals surface area (Å²) in [5.41, 5.74) is 2.02. The zero-order valence-electron chi connectivity index (χ0n) is 12.5. The minimum absolute atomic E-state index is 0.144. The van der Waals surface area contributed by atoms with Crippen molar-refractivity contribution in [2.75, 3.05) is 0 Å². The fraction of sp³-hybridized carbons (Fsp3) is 0.0526. The minimum Gasteiger partial charge on any atom is -0.449 e. The maximum absolute atomic E-state index is 12.5. The van der Waals surface area contributed by atoms with Crippen molar-refractivity contribution < 1.29 is 9.53 Å². The molecule has 0 atom stereocenters. The summed E-state index contributed by atoms with van der Waals surface area (Å²) in [6.07, 6.45) is -0.523. The lowest BCUT2D eigenvalue weighted by Crippen LogP contribution is -2.13. The van der Waals surface area contributed by atoms with E-state index in [0.717, 1.165) is 11.1 Å². The quantitative estimate of drug-likeness (QED) is 0.467. The summed E-state index contributed by atoms with van der Waals surface area (Å²) < 4.78 is 5.73. The van der Waals surface area contributed by atoms with Gasteiger partial charge in [-0.1, -0.05) is 83.9 Å². The van der Waals surface area contributed by atoms with E-state index in [9.17, 15) is 4.79 Å². The van der Waals surface area contributed by atoms with Gasteiger partial charge in [0, 0.05) is 0 Å². The van der Waals surface area contributed by atoms with Crippen LogP contribution >= 0.6 is 23.2 Å². The summed E-state index contributed by atoms with van der Waals surface area (Å²) in [6.45, 7) is 0. The molecule has 0 amide bonds. The molecule has 0 aliphatic carbocycles. The van der Waals surface area contributed by atoms with E-state index in [1.165, 1.54) is 12.1 Å². The monoisotopic (exact) mass is 357 g/mol. The molecule has 5 heteroatoms. The lowest BCUT2D eigenvalue weighted by molar-refractivity contribution is 0.0378. The summed E-state index contributed by atoms with van der Waals surface area (Å²) in [5, 5.41) is 0.288. The Hall–Kier alpha value is -2.36. The van der Waals surface area contributed by atoms with Crippen molar-refractivity contribution >= 4 is 29.2 Å². The Labute approximate surface area is 149 Å². The average molecular weight is 358 g/mol. The zero-order valence-corrected chi connectivity index (χ0v) is 14.0. The third kappa shape index (κ3) is 3.94. The van der Waals surface area contributed by atoms with E-state index in [-0.39, 0.29) is 15.9 Å². The molecule has 0 aliphatic rings. The minimum atomic E-state index is -0.523. The Morgan fingerprint density at radius 1 is 0.833 bits per heavy atom. The Bertz CT molecular complexity index is 779. The highest BCUT2D eigenvalue weighted by Crippen LogP contribution is 2.27. The van der Waals surface area contributed by atoms with Crippen molar-refractivity contribution in [2.24, 2.45) is 0 Å². The molecular weight excluding hydrogens is 345 g/mol. The first kappa shape index (κ1) is 16.5. The van der Waals surface area contributed by atoms with Crippen LogP contribution in [0, 0.1) is 0 Å². The van der Waals surface area contributed by atoms with Gasteiger partial charge in [-0.25, -0.2) is 9.78 Å². The van der Waals surface area contributed by atoms with Gasteiger partial charge in [0.25, 0.3) is 0 Å². The number of nitrogens with zero attached hydrogens (tertiary/aromatic N) is 1. The number of carbonyl (C=O) groups is 1. The number of carbonyl (C=O) groups excluding carboxylic acids is 1. The number of benzene rings is 2. The van der Waals surface area contributed by atoms with Gasteiger partial charge in [-0.15, -0.1) is 0 Å². The molecule has 0 saturated heterocycles. The first-order valence-electron chi connectivity index (χ1n) is 7.27.